The van der Waals surface area contributed by atoms with E-state index in [1.807, 2.05) is 42.5 Å². The molecule has 1 aromatic heterocycles. The van der Waals surface area contributed by atoms with Gasteiger partial charge in [0.15, 0.2) is 5.16 Å². The van der Waals surface area contributed by atoms with E-state index in [1.165, 1.54) is 6.08 Å². The molecule has 2 amide bonds. The van der Waals surface area contributed by atoms with Gasteiger partial charge in [0, 0.05) is 22.4 Å². The Bertz CT molecular complexity index is 1250. The van der Waals surface area contributed by atoms with Gasteiger partial charge in [-0.05, 0) is 53.6 Å². The van der Waals surface area contributed by atoms with Gasteiger partial charge in [-0.15, -0.1) is 0 Å². The molecule has 3 aromatic carbocycles. The second-order valence-corrected chi connectivity index (χ2v) is 8.28. The molecule has 4 aromatic rings. The average Bonchev–Trinajstić information content (AvgIpc) is 3.23. The molecule has 6 nitrogen and oxygen atoms in total. The maximum absolute atomic E-state index is 12.3. The topological polar surface area (TPSA) is 86.9 Å². The molecule has 0 bridgehead atoms. The van der Waals surface area contributed by atoms with Gasteiger partial charge in [0.25, 0.3) is 11.8 Å². The first-order valence-electron chi connectivity index (χ1n) is 9.77. The number of carbonyl (C=O) groups excluding carboxylic acids is 2. The van der Waals surface area contributed by atoms with Gasteiger partial charge < -0.3 is 4.98 Å². The third-order valence-electron chi connectivity index (χ3n) is 4.53. The molecule has 0 saturated carbocycles. The maximum atomic E-state index is 12.3. The largest absolute Gasteiger partial charge is 0.333 e. The van der Waals surface area contributed by atoms with E-state index in [1.54, 1.807) is 48.2 Å². The van der Waals surface area contributed by atoms with Gasteiger partial charge in [-0.1, -0.05) is 59.8 Å². The first kappa shape index (κ1) is 21.7. The number of imidazole rings is 1. The Balaban J connectivity index is 1.26. The van der Waals surface area contributed by atoms with Crippen molar-refractivity contribution in [1.82, 2.24) is 20.8 Å². The quantitative estimate of drug-likeness (QED) is 0.214. The first-order chi connectivity index (χ1) is 15.6. The van der Waals surface area contributed by atoms with Crippen molar-refractivity contribution in [3.05, 3.63) is 101 Å². The van der Waals surface area contributed by atoms with Gasteiger partial charge in [-0.25, -0.2) is 4.98 Å². The Morgan fingerprint density at radius 1 is 1.00 bits per heavy atom. The Hall–Kier alpha value is -3.55. The Kier molecular flexibility index (Phi) is 6.89. The number of carbonyl (C=O) groups is 2. The number of nitrogens with zero attached hydrogens (tertiary/aromatic N) is 1. The van der Waals surface area contributed by atoms with Crippen molar-refractivity contribution in [2.24, 2.45) is 0 Å². The summed E-state index contributed by atoms with van der Waals surface area (Å²) in [6.45, 7) is 0. The molecule has 0 fully saturated rings. The summed E-state index contributed by atoms with van der Waals surface area (Å²) in [5.74, 6) is -0.129. The van der Waals surface area contributed by atoms with Crippen LogP contribution in [0.4, 0.5) is 0 Å². The lowest BCUT2D eigenvalue weighted by Gasteiger charge is -2.06. The number of nitrogens with one attached hydrogen (secondary N) is 3. The number of hydrogen-bond acceptors (Lipinski definition) is 4. The molecule has 0 aliphatic carbocycles. The third-order valence-corrected chi connectivity index (χ3v) is 5.71. The number of rotatable bonds is 6. The van der Waals surface area contributed by atoms with E-state index >= 15 is 0 Å². The van der Waals surface area contributed by atoms with Crippen LogP contribution in [0.1, 0.15) is 21.5 Å². The van der Waals surface area contributed by atoms with Crippen LogP contribution in [0.2, 0.25) is 5.02 Å². The van der Waals surface area contributed by atoms with Gasteiger partial charge >= 0.3 is 0 Å². The minimum absolute atomic E-state index is 0.397. The van der Waals surface area contributed by atoms with Crippen LogP contribution in [0.5, 0.6) is 0 Å². The fourth-order valence-corrected chi connectivity index (χ4v) is 3.96. The third kappa shape index (κ3) is 5.78. The molecule has 8 heteroatoms. The molecule has 0 atom stereocenters. The molecule has 4 rings (SSSR count). The van der Waals surface area contributed by atoms with Crippen LogP contribution >= 0.6 is 23.4 Å². The molecule has 0 aliphatic rings. The minimum Gasteiger partial charge on any atom is -0.333 e. The molecule has 0 spiro atoms. The summed E-state index contributed by atoms with van der Waals surface area (Å²) in [5, 5.41) is 1.43. The number of H-pyrrole nitrogens is 1. The number of hydrazine groups is 1. The summed E-state index contributed by atoms with van der Waals surface area (Å²) in [4.78, 5) is 32.0. The zero-order chi connectivity index (χ0) is 22.3. The maximum Gasteiger partial charge on any atom is 0.269 e. The van der Waals surface area contributed by atoms with E-state index in [9.17, 15) is 9.59 Å². The van der Waals surface area contributed by atoms with Crippen LogP contribution in [-0.2, 0) is 10.5 Å². The molecule has 0 aliphatic heterocycles. The highest BCUT2D eigenvalue weighted by atomic mass is 35.5. The zero-order valence-corrected chi connectivity index (χ0v) is 18.4. The molecule has 3 N–H and O–H groups in total. The van der Waals surface area contributed by atoms with Gasteiger partial charge in [-0.3, -0.25) is 20.4 Å². The molecular weight excluding hydrogens is 444 g/mol. The first-order valence-corrected chi connectivity index (χ1v) is 11.1. The van der Waals surface area contributed by atoms with Crippen molar-refractivity contribution in [1.29, 1.82) is 0 Å². The number of amides is 2. The SMILES string of the molecule is O=C(C=Cc1cccc(Cl)c1)NNC(=O)c1ccc(CSc2nc3ccccc3[nH]2)cc1. The number of hydrogen-bond donors (Lipinski definition) is 3. The lowest BCUT2D eigenvalue weighted by molar-refractivity contribution is -0.117. The van der Waals surface area contributed by atoms with Crippen LogP contribution in [0.25, 0.3) is 17.1 Å². The van der Waals surface area contributed by atoms with Crippen molar-refractivity contribution in [3.8, 4) is 0 Å². The van der Waals surface area contributed by atoms with Crippen LogP contribution in [-0.4, -0.2) is 21.8 Å². The Morgan fingerprint density at radius 3 is 2.59 bits per heavy atom. The lowest BCUT2D eigenvalue weighted by atomic mass is 10.1. The monoisotopic (exact) mass is 462 g/mol. The number of halogens is 1. The lowest BCUT2D eigenvalue weighted by Crippen LogP contribution is -2.40. The summed E-state index contributed by atoms with van der Waals surface area (Å²) >= 11 is 7.50. The van der Waals surface area contributed by atoms with Gasteiger partial charge in [0.2, 0.25) is 0 Å². The van der Waals surface area contributed by atoms with Crippen molar-refractivity contribution in [2.75, 3.05) is 0 Å². The highest BCUT2D eigenvalue weighted by Crippen LogP contribution is 2.23. The fourth-order valence-electron chi connectivity index (χ4n) is 2.92. The minimum atomic E-state index is -0.447. The summed E-state index contributed by atoms with van der Waals surface area (Å²) in [7, 11) is 0. The number of thioether (sulfide) groups is 1. The van der Waals surface area contributed by atoms with Crippen molar-refractivity contribution in [3.63, 3.8) is 0 Å². The summed E-state index contributed by atoms with van der Waals surface area (Å²) in [6, 6.07) is 22.2. The van der Waals surface area contributed by atoms with Crippen molar-refractivity contribution < 1.29 is 9.59 Å². The van der Waals surface area contributed by atoms with E-state index < -0.39 is 11.8 Å². The molecule has 0 radical (unpaired) electrons. The molecule has 32 heavy (non-hydrogen) atoms. The standard InChI is InChI=1S/C24H19ClN4O2S/c25-19-5-3-4-16(14-19)10-13-22(30)28-29-23(31)18-11-8-17(9-12-18)15-32-24-26-20-6-1-2-7-21(20)27-24/h1-14H,15H2,(H,26,27)(H,28,30)(H,29,31). The Labute approximate surface area is 194 Å². The van der Waals surface area contributed by atoms with E-state index in [0.29, 0.717) is 16.3 Å². The van der Waals surface area contributed by atoms with Crippen molar-refractivity contribution in [2.45, 2.75) is 10.9 Å². The molecule has 1 heterocycles. The summed E-state index contributed by atoms with van der Waals surface area (Å²) < 4.78 is 0. The predicted molar refractivity (Wildman–Crippen MR) is 128 cm³/mol. The van der Waals surface area contributed by atoms with E-state index in [2.05, 4.69) is 20.8 Å². The normalized spacial score (nSPS) is 11.0. The zero-order valence-electron chi connectivity index (χ0n) is 16.8. The van der Waals surface area contributed by atoms with Crippen LogP contribution < -0.4 is 10.9 Å². The second-order valence-electron chi connectivity index (χ2n) is 6.88. The van der Waals surface area contributed by atoms with E-state index in [4.69, 9.17) is 11.6 Å². The van der Waals surface area contributed by atoms with E-state index in [0.717, 1.165) is 27.3 Å². The molecular formula is C24H19ClN4O2S. The molecule has 160 valence electrons. The number of para-hydroxylation sites is 2. The second kappa shape index (κ2) is 10.2. The number of aromatic nitrogens is 2. The van der Waals surface area contributed by atoms with Crippen LogP contribution in [0, 0.1) is 0 Å². The number of aromatic amines is 1. The van der Waals surface area contributed by atoms with Gasteiger partial charge in [-0.2, -0.15) is 0 Å². The van der Waals surface area contributed by atoms with Crippen LogP contribution in [0.15, 0.2) is 84.0 Å². The highest BCUT2D eigenvalue weighted by molar-refractivity contribution is 7.98. The summed E-state index contributed by atoms with van der Waals surface area (Å²) in [5.41, 5.74) is 9.00. The fraction of sp³-hybridized carbons (Fsp3) is 0.0417. The number of fused-ring (bicyclic) bond motifs is 1. The van der Waals surface area contributed by atoms with Crippen LogP contribution in [0.3, 0.4) is 0 Å². The molecule has 0 saturated heterocycles. The van der Waals surface area contributed by atoms with Crippen molar-refractivity contribution >= 4 is 52.3 Å². The van der Waals surface area contributed by atoms with Gasteiger partial charge in [0.05, 0.1) is 11.0 Å². The highest BCUT2D eigenvalue weighted by Gasteiger charge is 2.07. The molecule has 0 unspecified atom stereocenters. The predicted octanol–water partition coefficient (Wildman–Crippen LogP) is 4.98. The van der Waals surface area contributed by atoms with Gasteiger partial charge in [0.1, 0.15) is 0 Å². The smallest absolute Gasteiger partial charge is 0.269 e. The van der Waals surface area contributed by atoms with E-state index in [-0.39, 0.29) is 0 Å². The summed E-state index contributed by atoms with van der Waals surface area (Å²) in [6.07, 6.45) is 2.94. The average molecular weight is 463 g/mol. The Morgan fingerprint density at radius 2 is 1.81 bits per heavy atom. The number of benzene rings is 3.